The molecule has 2 heteroatoms. The van der Waals surface area contributed by atoms with E-state index in [9.17, 15) is 4.79 Å². The van der Waals surface area contributed by atoms with Crippen molar-refractivity contribution in [3.05, 3.63) is 35.4 Å². The van der Waals surface area contributed by atoms with Crippen LogP contribution in [0.5, 0.6) is 0 Å². The quantitative estimate of drug-likeness (QED) is 0.780. The average molecular weight is 231 g/mol. The van der Waals surface area contributed by atoms with Gasteiger partial charge in [-0.2, -0.15) is 0 Å². The number of carbonyl (C=O) groups excluding carboxylic acids is 1. The number of aryl methyl sites for hydroxylation is 1. The van der Waals surface area contributed by atoms with Crippen LogP contribution in [-0.4, -0.2) is 22.8 Å². The highest BCUT2D eigenvalue weighted by molar-refractivity contribution is 5.80. The summed E-state index contributed by atoms with van der Waals surface area (Å²) in [7, 11) is 0. The summed E-state index contributed by atoms with van der Waals surface area (Å²) < 4.78 is 0. The third-order valence-electron chi connectivity index (χ3n) is 3.64. The molecule has 0 radical (unpaired) electrons. The molecule has 0 unspecified atom stereocenters. The maximum absolute atomic E-state index is 11.5. The van der Waals surface area contributed by atoms with Crippen molar-refractivity contribution in [1.82, 2.24) is 4.90 Å². The third kappa shape index (κ3) is 2.95. The Morgan fingerprint density at radius 3 is 2.47 bits per heavy atom. The van der Waals surface area contributed by atoms with Crippen molar-refractivity contribution in [3.8, 4) is 0 Å². The van der Waals surface area contributed by atoms with Crippen LogP contribution in [0.4, 0.5) is 0 Å². The van der Waals surface area contributed by atoms with E-state index < -0.39 is 0 Å². The summed E-state index contributed by atoms with van der Waals surface area (Å²) in [4.78, 5) is 13.9. The van der Waals surface area contributed by atoms with Crippen LogP contribution in [0.1, 0.15) is 37.8 Å². The summed E-state index contributed by atoms with van der Waals surface area (Å²) in [6.07, 6.45) is 1.38. The van der Waals surface area contributed by atoms with Crippen LogP contribution in [0.3, 0.4) is 0 Å². The normalized spacial score (nSPS) is 20.5. The van der Waals surface area contributed by atoms with Crippen LogP contribution in [0.2, 0.25) is 0 Å². The zero-order chi connectivity index (χ0) is 12.5. The fourth-order valence-corrected chi connectivity index (χ4v) is 2.45. The van der Waals surface area contributed by atoms with E-state index >= 15 is 0 Å². The lowest BCUT2D eigenvalue weighted by Crippen LogP contribution is -2.49. The molecular weight excluding hydrogens is 210 g/mol. The second-order valence-electron chi connectivity index (χ2n) is 5.69. The van der Waals surface area contributed by atoms with Crippen LogP contribution in [0, 0.1) is 6.92 Å². The van der Waals surface area contributed by atoms with E-state index in [2.05, 4.69) is 49.9 Å². The molecule has 17 heavy (non-hydrogen) atoms. The highest BCUT2D eigenvalue weighted by Crippen LogP contribution is 2.27. The van der Waals surface area contributed by atoms with Gasteiger partial charge in [0.1, 0.15) is 5.78 Å². The summed E-state index contributed by atoms with van der Waals surface area (Å²) in [6, 6.07) is 8.67. The van der Waals surface area contributed by atoms with E-state index in [1.807, 2.05) is 0 Å². The van der Waals surface area contributed by atoms with E-state index in [-0.39, 0.29) is 5.54 Å². The molecule has 1 aromatic carbocycles. The molecule has 1 heterocycles. The molecule has 0 N–H and O–H groups in total. The van der Waals surface area contributed by atoms with Gasteiger partial charge in [-0.3, -0.25) is 9.69 Å². The van der Waals surface area contributed by atoms with Gasteiger partial charge in [0.15, 0.2) is 0 Å². The van der Waals surface area contributed by atoms with Gasteiger partial charge in [0.2, 0.25) is 0 Å². The van der Waals surface area contributed by atoms with E-state index in [4.69, 9.17) is 0 Å². The molecule has 0 spiro atoms. The molecule has 2 rings (SSSR count). The zero-order valence-electron chi connectivity index (χ0n) is 11.0. The minimum Gasteiger partial charge on any atom is -0.300 e. The SMILES string of the molecule is Cc1ccc(CN2CCC(=O)CC2(C)C)cc1. The van der Waals surface area contributed by atoms with Gasteiger partial charge >= 0.3 is 0 Å². The lowest BCUT2D eigenvalue weighted by atomic mass is 9.89. The third-order valence-corrected chi connectivity index (χ3v) is 3.64. The largest absolute Gasteiger partial charge is 0.300 e. The minimum atomic E-state index is 0.000218. The second kappa shape index (κ2) is 4.61. The Morgan fingerprint density at radius 2 is 1.88 bits per heavy atom. The van der Waals surface area contributed by atoms with Crippen molar-refractivity contribution in [2.45, 2.75) is 45.7 Å². The standard InChI is InChI=1S/C15H21NO/c1-12-4-6-13(7-5-12)11-16-9-8-14(17)10-15(16,2)3/h4-7H,8-11H2,1-3H3. The Hall–Kier alpha value is -1.15. The van der Waals surface area contributed by atoms with Gasteiger partial charge in [-0.15, -0.1) is 0 Å². The molecule has 1 aliphatic rings. The summed E-state index contributed by atoms with van der Waals surface area (Å²) >= 11 is 0. The monoisotopic (exact) mass is 231 g/mol. The smallest absolute Gasteiger partial charge is 0.136 e. The molecular formula is C15H21NO. The molecule has 0 saturated carbocycles. The molecule has 92 valence electrons. The van der Waals surface area contributed by atoms with Crippen molar-refractivity contribution < 1.29 is 4.79 Å². The Balaban J connectivity index is 2.08. The van der Waals surface area contributed by atoms with Crippen molar-refractivity contribution in [3.63, 3.8) is 0 Å². The first kappa shape index (κ1) is 12.3. The topological polar surface area (TPSA) is 20.3 Å². The maximum Gasteiger partial charge on any atom is 0.136 e. The number of hydrogen-bond acceptors (Lipinski definition) is 2. The number of hydrogen-bond donors (Lipinski definition) is 0. The van der Waals surface area contributed by atoms with Gasteiger partial charge < -0.3 is 0 Å². The average Bonchev–Trinajstić information content (AvgIpc) is 2.24. The van der Waals surface area contributed by atoms with Crippen molar-refractivity contribution in [2.24, 2.45) is 0 Å². The lowest BCUT2D eigenvalue weighted by molar-refractivity contribution is -0.125. The van der Waals surface area contributed by atoms with Crippen LogP contribution in [0.15, 0.2) is 24.3 Å². The molecule has 0 atom stereocenters. The second-order valence-corrected chi connectivity index (χ2v) is 5.69. The van der Waals surface area contributed by atoms with Gasteiger partial charge in [0.25, 0.3) is 0 Å². The first-order valence-electron chi connectivity index (χ1n) is 6.30. The summed E-state index contributed by atoms with van der Waals surface area (Å²) in [6.45, 7) is 8.27. The number of ketones is 1. The zero-order valence-corrected chi connectivity index (χ0v) is 11.0. The highest BCUT2D eigenvalue weighted by atomic mass is 16.1. The van der Waals surface area contributed by atoms with E-state index in [1.54, 1.807) is 0 Å². The van der Waals surface area contributed by atoms with Crippen LogP contribution < -0.4 is 0 Å². The minimum absolute atomic E-state index is 0.000218. The van der Waals surface area contributed by atoms with Crippen LogP contribution in [-0.2, 0) is 11.3 Å². The first-order chi connectivity index (χ1) is 7.97. The Bertz CT molecular complexity index is 405. The number of rotatable bonds is 2. The Kier molecular flexibility index (Phi) is 3.34. The Labute approximate surface area is 104 Å². The molecule has 1 fully saturated rings. The number of likely N-dealkylation sites (tertiary alicyclic amines) is 1. The van der Waals surface area contributed by atoms with Crippen LogP contribution >= 0.6 is 0 Å². The van der Waals surface area contributed by atoms with Crippen LogP contribution in [0.25, 0.3) is 0 Å². The molecule has 0 amide bonds. The predicted octanol–water partition coefficient (Wildman–Crippen LogP) is 2.94. The predicted molar refractivity (Wildman–Crippen MR) is 69.9 cm³/mol. The molecule has 0 bridgehead atoms. The van der Waals surface area contributed by atoms with Gasteiger partial charge in [0.05, 0.1) is 0 Å². The number of Topliss-reactive ketones (excluding diaryl/α,β-unsaturated/α-hetero) is 1. The first-order valence-corrected chi connectivity index (χ1v) is 6.30. The van der Waals surface area contributed by atoms with E-state index in [1.165, 1.54) is 11.1 Å². The molecule has 1 aliphatic heterocycles. The molecule has 1 saturated heterocycles. The molecule has 0 aromatic heterocycles. The van der Waals surface area contributed by atoms with E-state index in [0.29, 0.717) is 18.6 Å². The van der Waals surface area contributed by atoms with Gasteiger partial charge in [-0.05, 0) is 26.3 Å². The summed E-state index contributed by atoms with van der Waals surface area (Å²) in [5, 5.41) is 0. The van der Waals surface area contributed by atoms with Crippen molar-refractivity contribution in [1.29, 1.82) is 0 Å². The fraction of sp³-hybridized carbons (Fsp3) is 0.533. The molecule has 1 aromatic rings. The van der Waals surface area contributed by atoms with Crippen molar-refractivity contribution >= 4 is 5.78 Å². The lowest BCUT2D eigenvalue weighted by Gasteiger charge is -2.41. The van der Waals surface area contributed by atoms with Gasteiger partial charge in [-0.25, -0.2) is 0 Å². The number of carbonyl (C=O) groups is 1. The number of benzene rings is 1. The van der Waals surface area contributed by atoms with E-state index in [0.717, 1.165) is 13.1 Å². The highest BCUT2D eigenvalue weighted by Gasteiger charge is 2.33. The number of piperidine rings is 1. The summed E-state index contributed by atoms with van der Waals surface area (Å²) in [5.41, 5.74) is 2.63. The van der Waals surface area contributed by atoms with Gasteiger partial charge in [0, 0.05) is 31.5 Å². The molecule has 0 aliphatic carbocycles. The Morgan fingerprint density at radius 1 is 1.24 bits per heavy atom. The van der Waals surface area contributed by atoms with Gasteiger partial charge in [-0.1, -0.05) is 29.8 Å². The fourth-order valence-electron chi connectivity index (χ4n) is 2.45. The van der Waals surface area contributed by atoms with Crippen molar-refractivity contribution in [2.75, 3.05) is 6.54 Å². The summed E-state index contributed by atoms with van der Waals surface area (Å²) in [5.74, 6) is 0.398. The molecule has 2 nitrogen and oxygen atoms in total. The number of nitrogens with zero attached hydrogens (tertiary/aromatic N) is 1. The maximum atomic E-state index is 11.5.